The number of halogens is 1. The Morgan fingerprint density at radius 1 is 1.00 bits per heavy atom. The molecule has 3 aromatic rings. The van der Waals surface area contributed by atoms with Crippen molar-refractivity contribution >= 4 is 15.9 Å². The Kier molecular flexibility index (Phi) is 3.71. The Morgan fingerprint density at radius 3 is 2.43 bits per heavy atom. The van der Waals surface area contributed by atoms with Crippen LogP contribution in [0.5, 0.6) is 0 Å². The molecule has 2 aromatic carbocycles. The predicted molar refractivity (Wildman–Crippen MR) is 88.1 cm³/mol. The molecule has 0 aliphatic carbocycles. The maximum Gasteiger partial charge on any atom is 0.215 e. The summed E-state index contributed by atoms with van der Waals surface area (Å²) in [5.41, 5.74) is 2.76. The van der Waals surface area contributed by atoms with Crippen LogP contribution < -0.4 is 5.43 Å². The number of nitrogens with zero attached hydrogens (tertiary/aromatic N) is 2. The third-order valence-corrected chi connectivity index (χ3v) is 3.71. The Balaban J connectivity index is 2.24. The first kappa shape index (κ1) is 13.8. The van der Waals surface area contributed by atoms with Gasteiger partial charge < -0.3 is 0 Å². The van der Waals surface area contributed by atoms with Crippen molar-refractivity contribution in [3.8, 4) is 22.4 Å². The molecule has 104 valence electrons. The molecule has 0 radical (unpaired) electrons. The van der Waals surface area contributed by atoms with Gasteiger partial charge in [-0.15, -0.1) is 0 Å². The second kappa shape index (κ2) is 5.66. The topological polar surface area (TPSA) is 34.9 Å². The number of benzene rings is 2. The molecule has 0 atom stereocenters. The lowest BCUT2D eigenvalue weighted by Gasteiger charge is -2.08. The van der Waals surface area contributed by atoms with Crippen LogP contribution in [0, 0.1) is 0 Å². The SMILES string of the molecule is Cn1cc(-c2ccccc2)c(=O)c(-c2cccc(Br)c2)n1. The van der Waals surface area contributed by atoms with Crippen LogP contribution in [0.25, 0.3) is 22.4 Å². The molecule has 0 amide bonds. The number of aromatic nitrogens is 2. The van der Waals surface area contributed by atoms with Crippen molar-refractivity contribution in [3.63, 3.8) is 0 Å². The van der Waals surface area contributed by atoms with Gasteiger partial charge in [0.25, 0.3) is 0 Å². The van der Waals surface area contributed by atoms with Crippen molar-refractivity contribution in [2.45, 2.75) is 0 Å². The van der Waals surface area contributed by atoms with Gasteiger partial charge in [-0.2, -0.15) is 5.10 Å². The lowest BCUT2D eigenvalue weighted by atomic mass is 10.0. The average molecular weight is 341 g/mol. The van der Waals surface area contributed by atoms with Crippen LogP contribution in [0.2, 0.25) is 0 Å². The Labute approximate surface area is 131 Å². The summed E-state index contributed by atoms with van der Waals surface area (Å²) in [7, 11) is 1.83. The zero-order valence-corrected chi connectivity index (χ0v) is 13.0. The summed E-state index contributed by atoms with van der Waals surface area (Å²) in [5, 5.41) is 4.35. The van der Waals surface area contributed by atoms with Gasteiger partial charge in [0.05, 0.1) is 0 Å². The molecule has 0 saturated heterocycles. The van der Waals surface area contributed by atoms with Gasteiger partial charge >= 0.3 is 0 Å². The Morgan fingerprint density at radius 2 is 1.71 bits per heavy atom. The first-order valence-electron chi connectivity index (χ1n) is 6.54. The van der Waals surface area contributed by atoms with E-state index in [-0.39, 0.29) is 5.43 Å². The van der Waals surface area contributed by atoms with Gasteiger partial charge in [0.2, 0.25) is 5.43 Å². The third kappa shape index (κ3) is 2.81. The molecular formula is C17H13BrN2O. The van der Waals surface area contributed by atoms with E-state index >= 15 is 0 Å². The zero-order valence-electron chi connectivity index (χ0n) is 11.5. The molecule has 0 bridgehead atoms. The monoisotopic (exact) mass is 340 g/mol. The van der Waals surface area contributed by atoms with Gasteiger partial charge in [0.15, 0.2) is 0 Å². The van der Waals surface area contributed by atoms with Crippen molar-refractivity contribution < 1.29 is 0 Å². The van der Waals surface area contributed by atoms with Gasteiger partial charge in [0.1, 0.15) is 5.69 Å². The number of rotatable bonds is 2. The van der Waals surface area contributed by atoms with E-state index in [9.17, 15) is 4.79 Å². The van der Waals surface area contributed by atoms with Crippen LogP contribution in [-0.2, 0) is 7.05 Å². The molecule has 0 aliphatic heterocycles. The van der Waals surface area contributed by atoms with E-state index in [1.165, 1.54) is 0 Å². The van der Waals surface area contributed by atoms with Crippen LogP contribution in [-0.4, -0.2) is 9.78 Å². The first-order valence-corrected chi connectivity index (χ1v) is 7.34. The summed E-state index contributed by atoms with van der Waals surface area (Å²) in [6, 6.07) is 17.3. The zero-order chi connectivity index (χ0) is 14.8. The second-order valence-electron chi connectivity index (χ2n) is 4.77. The van der Waals surface area contributed by atoms with Crippen LogP contribution >= 0.6 is 15.9 Å². The molecule has 0 aliphatic rings. The fourth-order valence-electron chi connectivity index (χ4n) is 2.25. The fraction of sp³-hybridized carbons (Fsp3) is 0.0588. The van der Waals surface area contributed by atoms with E-state index in [0.29, 0.717) is 11.3 Å². The lowest BCUT2D eigenvalue weighted by Crippen LogP contribution is -2.15. The maximum absolute atomic E-state index is 12.7. The van der Waals surface area contributed by atoms with Crippen molar-refractivity contribution in [1.82, 2.24) is 9.78 Å². The minimum Gasteiger partial charge on any atom is -0.287 e. The number of hydrogen-bond donors (Lipinski definition) is 0. The summed E-state index contributed by atoms with van der Waals surface area (Å²) in [6.07, 6.45) is 1.76. The molecule has 3 nitrogen and oxygen atoms in total. The van der Waals surface area contributed by atoms with E-state index in [4.69, 9.17) is 0 Å². The smallest absolute Gasteiger partial charge is 0.215 e. The molecule has 21 heavy (non-hydrogen) atoms. The standard InChI is InChI=1S/C17H13BrN2O/c1-20-11-15(12-6-3-2-4-7-12)17(21)16(19-20)13-8-5-9-14(18)10-13/h2-11H,1H3. The summed E-state index contributed by atoms with van der Waals surface area (Å²) >= 11 is 3.43. The second-order valence-corrected chi connectivity index (χ2v) is 5.69. The average Bonchev–Trinajstić information content (AvgIpc) is 2.50. The molecular weight excluding hydrogens is 328 g/mol. The number of aryl methyl sites for hydroxylation is 1. The van der Waals surface area contributed by atoms with E-state index in [2.05, 4.69) is 21.0 Å². The summed E-state index contributed by atoms with van der Waals surface area (Å²) in [4.78, 5) is 12.7. The quantitative estimate of drug-likeness (QED) is 0.709. The summed E-state index contributed by atoms with van der Waals surface area (Å²) in [6.45, 7) is 0. The van der Waals surface area contributed by atoms with Crippen LogP contribution in [0.3, 0.4) is 0 Å². The highest BCUT2D eigenvalue weighted by Gasteiger charge is 2.12. The van der Waals surface area contributed by atoms with E-state index in [1.54, 1.807) is 10.9 Å². The maximum atomic E-state index is 12.7. The van der Waals surface area contributed by atoms with Gasteiger partial charge in [-0.25, -0.2) is 0 Å². The number of hydrogen-bond acceptors (Lipinski definition) is 2. The minimum absolute atomic E-state index is 0.0580. The third-order valence-electron chi connectivity index (χ3n) is 3.22. The van der Waals surface area contributed by atoms with Crippen LogP contribution in [0.15, 0.2) is 70.1 Å². The highest BCUT2D eigenvalue weighted by molar-refractivity contribution is 9.10. The van der Waals surface area contributed by atoms with Crippen LogP contribution in [0.1, 0.15) is 0 Å². The van der Waals surface area contributed by atoms with Gasteiger partial charge in [-0.05, 0) is 17.7 Å². The Bertz CT molecular complexity index is 841. The molecule has 0 saturated carbocycles. The highest BCUT2D eigenvalue weighted by atomic mass is 79.9. The van der Waals surface area contributed by atoms with Crippen LogP contribution in [0.4, 0.5) is 0 Å². The van der Waals surface area contributed by atoms with Crippen molar-refractivity contribution in [1.29, 1.82) is 0 Å². The molecule has 0 N–H and O–H groups in total. The van der Waals surface area contributed by atoms with Crippen molar-refractivity contribution in [2.75, 3.05) is 0 Å². The molecule has 3 rings (SSSR count). The largest absolute Gasteiger partial charge is 0.287 e. The molecule has 0 spiro atoms. The van der Waals surface area contributed by atoms with E-state index < -0.39 is 0 Å². The van der Waals surface area contributed by atoms with Gasteiger partial charge in [0, 0.05) is 28.8 Å². The van der Waals surface area contributed by atoms with E-state index in [0.717, 1.165) is 15.6 Å². The first-order chi connectivity index (χ1) is 10.1. The summed E-state index contributed by atoms with van der Waals surface area (Å²) in [5.74, 6) is 0. The van der Waals surface area contributed by atoms with Gasteiger partial charge in [-0.3, -0.25) is 9.48 Å². The van der Waals surface area contributed by atoms with Crippen molar-refractivity contribution in [2.24, 2.45) is 7.05 Å². The highest BCUT2D eigenvalue weighted by Crippen LogP contribution is 2.21. The molecule has 4 heteroatoms. The molecule has 0 unspecified atom stereocenters. The minimum atomic E-state index is -0.0580. The molecule has 0 fully saturated rings. The molecule has 1 aromatic heterocycles. The van der Waals surface area contributed by atoms with Gasteiger partial charge in [-0.1, -0.05) is 58.4 Å². The molecule has 1 heterocycles. The predicted octanol–water partition coefficient (Wildman–Crippen LogP) is 3.88. The fourth-order valence-corrected chi connectivity index (χ4v) is 2.65. The lowest BCUT2D eigenvalue weighted by molar-refractivity contribution is 0.741. The van der Waals surface area contributed by atoms with E-state index in [1.807, 2.05) is 61.6 Å². The Hall–Kier alpha value is -2.20. The summed E-state index contributed by atoms with van der Waals surface area (Å²) < 4.78 is 2.61. The normalized spacial score (nSPS) is 10.6. The van der Waals surface area contributed by atoms with Crippen molar-refractivity contribution in [3.05, 3.63) is 75.5 Å².